The molecular weight excluding hydrogens is 419 g/mol. The van der Waals surface area contributed by atoms with Gasteiger partial charge in [-0.1, -0.05) is 12.1 Å². The summed E-state index contributed by atoms with van der Waals surface area (Å²) in [6, 6.07) is 2.21. The maximum absolute atomic E-state index is 13.5. The molecule has 1 N–H and O–H groups in total. The van der Waals surface area contributed by atoms with Crippen LogP contribution >= 0.6 is 0 Å². The molecule has 0 saturated heterocycles. The molecule has 0 amide bonds. The molecular formula is C13H7F13O. The smallest absolute Gasteiger partial charge is 0.460 e. The van der Waals surface area contributed by atoms with Crippen molar-refractivity contribution in [3.63, 3.8) is 0 Å². The van der Waals surface area contributed by atoms with Gasteiger partial charge in [-0.05, 0) is 17.7 Å². The first kappa shape index (κ1) is 23.1. The summed E-state index contributed by atoms with van der Waals surface area (Å²) >= 11 is 0. The Balaban J connectivity index is 3.38. The zero-order chi connectivity index (χ0) is 21.7. The van der Waals surface area contributed by atoms with Crippen LogP contribution in [0.25, 0.3) is 0 Å². The third-order valence-corrected chi connectivity index (χ3v) is 3.36. The van der Waals surface area contributed by atoms with Gasteiger partial charge in [-0.3, -0.25) is 0 Å². The van der Waals surface area contributed by atoms with Crippen LogP contribution in [0.3, 0.4) is 0 Å². The van der Waals surface area contributed by atoms with E-state index in [2.05, 4.69) is 0 Å². The number of phenols is 1. The van der Waals surface area contributed by atoms with Gasteiger partial charge in [-0.15, -0.1) is 0 Å². The van der Waals surface area contributed by atoms with E-state index in [1.54, 1.807) is 0 Å². The molecule has 156 valence electrons. The Hall–Kier alpha value is -1.89. The topological polar surface area (TPSA) is 20.2 Å². The van der Waals surface area contributed by atoms with Gasteiger partial charge in [-0.25, -0.2) is 0 Å². The molecule has 0 heterocycles. The second kappa shape index (κ2) is 6.33. The van der Waals surface area contributed by atoms with Crippen molar-refractivity contribution in [3.8, 4) is 5.75 Å². The Labute approximate surface area is 141 Å². The highest BCUT2D eigenvalue weighted by Gasteiger charge is 2.90. The zero-order valence-corrected chi connectivity index (χ0v) is 12.4. The van der Waals surface area contributed by atoms with Crippen LogP contribution in [0.15, 0.2) is 24.3 Å². The number of phenolic OH excluding ortho intramolecular Hbond substituents is 1. The average Bonchev–Trinajstić information content (AvgIpc) is 2.47. The molecule has 0 radical (unpaired) electrons. The van der Waals surface area contributed by atoms with Crippen molar-refractivity contribution in [2.45, 2.75) is 42.2 Å². The molecule has 0 bridgehead atoms. The number of rotatable bonds is 6. The highest BCUT2D eigenvalue weighted by atomic mass is 19.4. The van der Waals surface area contributed by atoms with Gasteiger partial charge >= 0.3 is 35.8 Å². The average molecular weight is 426 g/mol. The third kappa shape index (κ3) is 3.49. The van der Waals surface area contributed by atoms with E-state index >= 15 is 0 Å². The first-order chi connectivity index (χ1) is 11.7. The van der Waals surface area contributed by atoms with E-state index in [-0.39, 0.29) is 0 Å². The molecule has 0 aliphatic heterocycles. The van der Waals surface area contributed by atoms with Crippen molar-refractivity contribution in [2.24, 2.45) is 0 Å². The summed E-state index contributed by atoms with van der Waals surface area (Å²) in [5.74, 6) is -37.5. The second-order valence-electron chi connectivity index (χ2n) is 5.34. The van der Waals surface area contributed by atoms with Gasteiger partial charge in [0.2, 0.25) is 0 Å². The van der Waals surface area contributed by atoms with Gasteiger partial charge in [0.15, 0.2) is 0 Å². The fourth-order valence-electron chi connectivity index (χ4n) is 1.78. The summed E-state index contributed by atoms with van der Waals surface area (Å²) in [5.41, 5.74) is -0.931. The van der Waals surface area contributed by atoms with Gasteiger partial charge in [0.05, 0.1) is 0 Å². The maximum atomic E-state index is 13.5. The molecule has 0 aliphatic rings. The van der Waals surface area contributed by atoms with E-state index in [1.165, 1.54) is 0 Å². The van der Waals surface area contributed by atoms with Crippen molar-refractivity contribution in [1.82, 2.24) is 0 Å². The fourth-order valence-corrected chi connectivity index (χ4v) is 1.78. The van der Waals surface area contributed by atoms with Gasteiger partial charge in [-0.2, -0.15) is 57.1 Å². The van der Waals surface area contributed by atoms with Gasteiger partial charge in [0, 0.05) is 6.42 Å². The second-order valence-corrected chi connectivity index (χ2v) is 5.34. The van der Waals surface area contributed by atoms with Gasteiger partial charge < -0.3 is 5.11 Å². The molecule has 0 aliphatic carbocycles. The Morgan fingerprint density at radius 3 is 1.30 bits per heavy atom. The minimum absolute atomic E-state index is 0.486. The van der Waals surface area contributed by atoms with Crippen molar-refractivity contribution in [1.29, 1.82) is 0 Å². The molecule has 1 rings (SSSR count). The standard InChI is InChI=1S/C13H7F13O/c14-8(15,5-6-1-3-7(27)4-2-6)9(16,17)10(18,19)11(20,21)12(22,23)13(24,25)26/h1-4,27H,5H2. The van der Waals surface area contributed by atoms with Crippen LogP contribution in [0.2, 0.25) is 0 Å². The Bertz CT molecular complexity index is 660. The Morgan fingerprint density at radius 1 is 0.556 bits per heavy atom. The van der Waals surface area contributed by atoms with Crippen molar-refractivity contribution in [3.05, 3.63) is 29.8 Å². The van der Waals surface area contributed by atoms with Crippen LogP contribution in [0.1, 0.15) is 5.56 Å². The van der Waals surface area contributed by atoms with Gasteiger partial charge in [0.1, 0.15) is 5.75 Å². The van der Waals surface area contributed by atoms with E-state index in [9.17, 15) is 57.1 Å². The lowest BCUT2D eigenvalue weighted by molar-refractivity contribution is -0.439. The summed E-state index contributed by atoms with van der Waals surface area (Å²) in [7, 11) is 0. The Morgan fingerprint density at radius 2 is 0.926 bits per heavy atom. The molecule has 0 saturated carbocycles. The van der Waals surface area contributed by atoms with E-state index in [4.69, 9.17) is 5.11 Å². The molecule has 14 heteroatoms. The first-order valence-electron chi connectivity index (χ1n) is 6.46. The molecule has 0 atom stereocenters. The third-order valence-electron chi connectivity index (χ3n) is 3.36. The van der Waals surface area contributed by atoms with E-state index in [0.717, 1.165) is 0 Å². The number of hydrogen-bond acceptors (Lipinski definition) is 1. The molecule has 27 heavy (non-hydrogen) atoms. The SMILES string of the molecule is Oc1ccc(CC(F)(F)C(F)(F)C(F)(F)C(F)(F)C(F)(F)C(F)(F)F)cc1. The number of halogens is 13. The minimum atomic E-state index is -7.90. The lowest BCUT2D eigenvalue weighted by Crippen LogP contribution is -2.70. The summed E-state index contributed by atoms with van der Waals surface area (Å²) < 4.78 is 168. The van der Waals surface area contributed by atoms with E-state index < -0.39 is 53.5 Å². The highest BCUT2D eigenvalue weighted by Crippen LogP contribution is 2.60. The molecule has 1 nitrogen and oxygen atoms in total. The number of aromatic hydroxyl groups is 1. The zero-order valence-electron chi connectivity index (χ0n) is 12.4. The molecule has 0 fully saturated rings. The summed E-state index contributed by atoms with van der Waals surface area (Å²) in [4.78, 5) is 0. The molecule has 1 aromatic rings. The van der Waals surface area contributed by atoms with Crippen molar-refractivity contribution >= 4 is 0 Å². The summed E-state index contributed by atoms with van der Waals surface area (Å²) in [6.45, 7) is 0. The Kier molecular flexibility index (Phi) is 5.43. The number of benzene rings is 1. The van der Waals surface area contributed by atoms with Crippen molar-refractivity contribution in [2.75, 3.05) is 0 Å². The fraction of sp³-hybridized carbons (Fsp3) is 0.538. The molecule has 0 aromatic heterocycles. The van der Waals surface area contributed by atoms with Crippen molar-refractivity contribution < 1.29 is 62.2 Å². The normalized spacial score (nSPS) is 15.1. The number of hydrogen-bond donors (Lipinski definition) is 1. The summed E-state index contributed by atoms with van der Waals surface area (Å²) in [6.07, 6.45) is -9.86. The molecule has 1 aromatic carbocycles. The van der Waals surface area contributed by atoms with E-state index in [0.29, 0.717) is 24.3 Å². The predicted octanol–water partition coefficient (Wildman–Crippen LogP) is 5.67. The van der Waals surface area contributed by atoms with Crippen LogP contribution in [-0.2, 0) is 6.42 Å². The lowest BCUT2D eigenvalue weighted by atomic mass is 9.91. The van der Waals surface area contributed by atoms with Crippen LogP contribution in [-0.4, -0.2) is 40.9 Å². The minimum Gasteiger partial charge on any atom is -0.508 e. The summed E-state index contributed by atoms with van der Waals surface area (Å²) in [5, 5.41) is 8.87. The van der Waals surface area contributed by atoms with E-state index in [1.807, 2.05) is 0 Å². The predicted molar refractivity (Wildman–Crippen MR) is 62.6 cm³/mol. The maximum Gasteiger partial charge on any atom is 0.460 e. The largest absolute Gasteiger partial charge is 0.508 e. The number of alkyl halides is 13. The quantitative estimate of drug-likeness (QED) is 0.581. The molecule has 0 spiro atoms. The lowest BCUT2D eigenvalue weighted by Gasteiger charge is -2.39. The van der Waals surface area contributed by atoms with Crippen LogP contribution in [0.5, 0.6) is 5.75 Å². The van der Waals surface area contributed by atoms with Crippen LogP contribution in [0, 0.1) is 0 Å². The van der Waals surface area contributed by atoms with Crippen LogP contribution in [0.4, 0.5) is 57.1 Å². The first-order valence-corrected chi connectivity index (χ1v) is 6.46. The monoisotopic (exact) mass is 426 g/mol. The highest BCUT2D eigenvalue weighted by molar-refractivity contribution is 5.27. The van der Waals surface area contributed by atoms with Gasteiger partial charge in [0.25, 0.3) is 0 Å². The molecule has 0 unspecified atom stereocenters. The van der Waals surface area contributed by atoms with Crippen LogP contribution < -0.4 is 0 Å².